The van der Waals surface area contributed by atoms with Gasteiger partial charge in [0.15, 0.2) is 5.82 Å². The van der Waals surface area contributed by atoms with E-state index < -0.39 is 0 Å². The van der Waals surface area contributed by atoms with Crippen molar-refractivity contribution in [3.8, 4) is 11.3 Å². The Kier molecular flexibility index (Phi) is 4.70. The van der Waals surface area contributed by atoms with Crippen LogP contribution in [0.3, 0.4) is 0 Å². The molecule has 4 aliphatic rings. The number of halogens is 2. The molecule has 2 bridgehead atoms. The normalized spacial score (nSPS) is 25.1. The first-order valence-electron chi connectivity index (χ1n) is 11.5. The van der Waals surface area contributed by atoms with Crippen LogP contribution >= 0.6 is 11.6 Å². The third-order valence-electron chi connectivity index (χ3n) is 7.35. The van der Waals surface area contributed by atoms with Crippen LogP contribution in [0.25, 0.3) is 22.3 Å². The average Bonchev–Trinajstić information content (AvgIpc) is 3.07. The molecule has 2 aromatic heterocycles. The van der Waals surface area contributed by atoms with Crippen molar-refractivity contribution >= 4 is 28.6 Å². The Morgan fingerprint density at radius 3 is 2.59 bits per heavy atom. The zero-order valence-corrected chi connectivity index (χ0v) is 19.1. The monoisotopic (exact) mass is 455 g/mol. The molecule has 32 heavy (non-hydrogen) atoms. The van der Waals surface area contributed by atoms with E-state index in [1.54, 1.807) is 6.20 Å². The number of nitrogens with one attached hydrogen (secondary N) is 1. The molecule has 4 fully saturated rings. The minimum atomic E-state index is -0.335. The smallest absolute Gasteiger partial charge is 0.223 e. The molecule has 1 N–H and O–H groups in total. The molecular weight excluding hydrogens is 429 g/mol. The van der Waals surface area contributed by atoms with E-state index in [0.717, 1.165) is 43.3 Å². The van der Waals surface area contributed by atoms with Crippen LogP contribution in [0.1, 0.15) is 57.8 Å². The molecule has 3 heterocycles. The van der Waals surface area contributed by atoms with Gasteiger partial charge in [0.25, 0.3) is 0 Å². The lowest BCUT2D eigenvalue weighted by Crippen LogP contribution is -2.56. The molecule has 0 unspecified atom stereocenters. The molecule has 0 amide bonds. The van der Waals surface area contributed by atoms with Crippen molar-refractivity contribution in [2.75, 3.05) is 18.5 Å². The fourth-order valence-electron chi connectivity index (χ4n) is 5.60. The Morgan fingerprint density at radius 2 is 1.94 bits per heavy atom. The fraction of sp³-hybridized carbons (Fsp3) is 0.542. The van der Waals surface area contributed by atoms with Crippen molar-refractivity contribution in [3.63, 3.8) is 0 Å². The Bertz CT molecular complexity index is 1190. The van der Waals surface area contributed by atoms with Crippen LogP contribution in [-0.4, -0.2) is 38.8 Å². The average molecular weight is 456 g/mol. The lowest BCUT2D eigenvalue weighted by molar-refractivity contribution is -0.0373. The second-order valence-corrected chi connectivity index (χ2v) is 10.3. The first-order valence-corrected chi connectivity index (χ1v) is 11.9. The number of fused-ring (bicyclic) bond motifs is 1. The molecule has 6 nitrogen and oxygen atoms in total. The van der Waals surface area contributed by atoms with Crippen molar-refractivity contribution in [2.24, 2.45) is 5.92 Å². The Labute approximate surface area is 191 Å². The summed E-state index contributed by atoms with van der Waals surface area (Å²) in [5.41, 5.74) is 2.56. The highest BCUT2D eigenvalue weighted by Crippen LogP contribution is 2.65. The minimum absolute atomic E-state index is 0.147. The van der Waals surface area contributed by atoms with Crippen molar-refractivity contribution in [1.82, 2.24) is 19.5 Å². The molecule has 1 saturated heterocycles. The predicted octanol–water partition coefficient (Wildman–Crippen LogP) is 5.51. The SMILES string of the molecule is CC(C)n1c(C23CC(C2)C3)nc2c(F)cc(-c3nc(NC4CCOCC4)ncc3Cl)cc21. The summed E-state index contributed by atoms with van der Waals surface area (Å²) in [7, 11) is 0. The molecule has 0 spiro atoms. The van der Waals surface area contributed by atoms with E-state index in [4.69, 9.17) is 21.3 Å². The number of imidazole rings is 1. The van der Waals surface area contributed by atoms with Gasteiger partial charge in [0, 0.05) is 36.3 Å². The van der Waals surface area contributed by atoms with Crippen LogP contribution in [0, 0.1) is 11.7 Å². The van der Waals surface area contributed by atoms with Crippen molar-refractivity contribution in [1.29, 1.82) is 0 Å². The van der Waals surface area contributed by atoms with Crippen molar-refractivity contribution < 1.29 is 9.13 Å². The standard InChI is InChI=1S/C24H27ClFN5O/c1-13(2)31-19-8-15(7-18(26)21(19)29-22(31)24-9-14(10-24)11-24)20-17(25)12-27-23(30-20)28-16-3-5-32-6-4-16/h7-8,12-14,16H,3-6,9-11H2,1-2H3,(H,27,28,30). The third-order valence-corrected chi connectivity index (χ3v) is 7.63. The molecule has 0 atom stereocenters. The highest BCUT2D eigenvalue weighted by molar-refractivity contribution is 6.33. The summed E-state index contributed by atoms with van der Waals surface area (Å²) in [5.74, 6) is 2.04. The quantitative estimate of drug-likeness (QED) is 0.549. The number of rotatable bonds is 5. The zero-order valence-electron chi connectivity index (χ0n) is 18.4. The van der Waals surface area contributed by atoms with Crippen LogP contribution in [0.15, 0.2) is 18.3 Å². The van der Waals surface area contributed by atoms with Gasteiger partial charge in [0.05, 0.1) is 22.4 Å². The summed E-state index contributed by atoms with van der Waals surface area (Å²) in [4.78, 5) is 13.8. The molecule has 1 aromatic carbocycles. The lowest BCUT2D eigenvalue weighted by atomic mass is 9.44. The van der Waals surface area contributed by atoms with Gasteiger partial charge in [0.1, 0.15) is 11.3 Å². The molecule has 3 aromatic rings. The second-order valence-electron chi connectivity index (χ2n) is 9.90. The highest BCUT2D eigenvalue weighted by Gasteiger charge is 2.60. The minimum Gasteiger partial charge on any atom is -0.381 e. The number of benzene rings is 1. The Balaban J connectivity index is 1.43. The van der Waals surface area contributed by atoms with Crippen LogP contribution in [0.2, 0.25) is 5.02 Å². The Hall–Kier alpha value is -2.25. The summed E-state index contributed by atoms with van der Waals surface area (Å²) in [5, 5.41) is 3.77. The maximum absolute atomic E-state index is 15.3. The van der Waals surface area contributed by atoms with E-state index >= 15 is 4.39 Å². The number of hydrogen-bond acceptors (Lipinski definition) is 5. The number of aromatic nitrogens is 4. The van der Waals surface area contributed by atoms with Gasteiger partial charge in [-0.05, 0) is 64.0 Å². The predicted molar refractivity (Wildman–Crippen MR) is 123 cm³/mol. The first kappa shape index (κ1) is 20.4. The molecule has 7 rings (SSSR count). The van der Waals surface area contributed by atoms with Crippen molar-refractivity contribution in [3.05, 3.63) is 35.0 Å². The van der Waals surface area contributed by atoms with Gasteiger partial charge in [-0.25, -0.2) is 19.3 Å². The number of anilines is 1. The highest BCUT2D eigenvalue weighted by atomic mass is 35.5. The topological polar surface area (TPSA) is 64.9 Å². The van der Waals surface area contributed by atoms with Gasteiger partial charge in [0.2, 0.25) is 5.95 Å². The van der Waals surface area contributed by atoms with E-state index in [0.29, 0.717) is 27.7 Å². The van der Waals surface area contributed by atoms with E-state index in [1.165, 1.54) is 25.3 Å². The molecular formula is C24H27ClFN5O. The summed E-state index contributed by atoms with van der Waals surface area (Å²) < 4.78 is 23.0. The number of nitrogens with zero attached hydrogens (tertiary/aromatic N) is 4. The van der Waals surface area contributed by atoms with Gasteiger partial charge in [-0.3, -0.25) is 0 Å². The summed E-state index contributed by atoms with van der Waals surface area (Å²) in [6.45, 7) is 5.72. The summed E-state index contributed by atoms with van der Waals surface area (Å²) in [6, 6.07) is 3.92. The number of ether oxygens (including phenoxy) is 1. The van der Waals surface area contributed by atoms with Gasteiger partial charge < -0.3 is 14.6 Å². The molecule has 168 valence electrons. The largest absolute Gasteiger partial charge is 0.381 e. The van der Waals surface area contributed by atoms with E-state index in [-0.39, 0.29) is 23.3 Å². The summed E-state index contributed by atoms with van der Waals surface area (Å²) in [6.07, 6.45) is 6.92. The van der Waals surface area contributed by atoms with Gasteiger partial charge >= 0.3 is 0 Å². The number of hydrogen-bond donors (Lipinski definition) is 1. The maximum Gasteiger partial charge on any atom is 0.223 e. The zero-order chi connectivity index (χ0) is 22.0. The molecule has 1 aliphatic heterocycles. The lowest BCUT2D eigenvalue weighted by Gasteiger charge is -2.61. The van der Waals surface area contributed by atoms with Crippen LogP contribution in [0.5, 0.6) is 0 Å². The van der Waals surface area contributed by atoms with E-state index in [2.05, 4.69) is 33.7 Å². The second kappa shape index (κ2) is 7.39. The summed E-state index contributed by atoms with van der Waals surface area (Å²) >= 11 is 6.48. The Morgan fingerprint density at radius 1 is 1.19 bits per heavy atom. The van der Waals surface area contributed by atoms with Gasteiger partial charge in [-0.2, -0.15) is 0 Å². The van der Waals surface area contributed by atoms with Crippen LogP contribution < -0.4 is 5.32 Å². The van der Waals surface area contributed by atoms with Crippen LogP contribution in [-0.2, 0) is 10.2 Å². The van der Waals surface area contributed by atoms with E-state index in [1.807, 2.05) is 6.07 Å². The van der Waals surface area contributed by atoms with Crippen molar-refractivity contribution in [2.45, 2.75) is 63.5 Å². The van der Waals surface area contributed by atoms with Gasteiger partial charge in [-0.1, -0.05) is 11.6 Å². The third kappa shape index (κ3) is 3.12. The molecule has 8 heteroatoms. The molecule has 0 radical (unpaired) electrons. The first-order chi connectivity index (χ1) is 15.4. The maximum atomic E-state index is 15.3. The van der Waals surface area contributed by atoms with Gasteiger partial charge in [-0.15, -0.1) is 0 Å². The molecule has 3 saturated carbocycles. The molecule has 3 aliphatic carbocycles. The van der Waals surface area contributed by atoms with E-state index in [9.17, 15) is 0 Å². The van der Waals surface area contributed by atoms with Crippen LogP contribution in [0.4, 0.5) is 10.3 Å². The fourth-order valence-corrected chi connectivity index (χ4v) is 5.80.